The van der Waals surface area contributed by atoms with Crippen molar-refractivity contribution in [1.29, 1.82) is 0 Å². The van der Waals surface area contributed by atoms with Gasteiger partial charge in [0.25, 0.3) is 0 Å². The highest BCUT2D eigenvalue weighted by Gasteiger charge is 2.32. The molecule has 1 atom stereocenters. The van der Waals surface area contributed by atoms with E-state index in [4.69, 9.17) is 4.42 Å². The molecule has 1 amide bonds. The summed E-state index contributed by atoms with van der Waals surface area (Å²) in [5, 5.41) is 0. The monoisotopic (exact) mass is 396 g/mol. The molecule has 0 aliphatic carbocycles. The molecule has 2 aromatic rings. The number of likely N-dealkylation sites (tertiary alicyclic amines) is 2. The number of aromatic nitrogens is 1. The van der Waals surface area contributed by atoms with Crippen molar-refractivity contribution in [2.24, 2.45) is 5.92 Å². The molecule has 156 valence electrons. The molecule has 4 rings (SSSR count). The van der Waals surface area contributed by atoms with Crippen molar-refractivity contribution in [3.63, 3.8) is 0 Å². The lowest BCUT2D eigenvalue weighted by Crippen LogP contribution is -2.50. The summed E-state index contributed by atoms with van der Waals surface area (Å²) < 4.78 is 5.13. The lowest BCUT2D eigenvalue weighted by molar-refractivity contribution is -0.137. The van der Waals surface area contributed by atoms with Gasteiger partial charge in [0.2, 0.25) is 5.91 Å². The second-order valence-electron chi connectivity index (χ2n) is 8.52. The van der Waals surface area contributed by atoms with Crippen molar-refractivity contribution in [3.05, 3.63) is 54.2 Å². The Hall–Kier alpha value is -2.18. The molecule has 0 unspecified atom stereocenters. The van der Waals surface area contributed by atoms with Crippen molar-refractivity contribution >= 4 is 5.91 Å². The lowest BCUT2D eigenvalue weighted by atomic mass is 9.92. The highest BCUT2D eigenvalue weighted by molar-refractivity contribution is 5.78. The van der Waals surface area contributed by atoms with Gasteiger partial charge in [-0.3, -0.25) is 19.6 Å². The third-order valence-electron chi connectivity index (χ3n) is 6.41. The van der Waals surface area contributed by atoms with Crippen molar-refractivity contribution in [2.75, 3.05) is 33.2 Å². The van der Waals surface area contributed by atoms with Crippen LogP contribution in [0.15, 0.2) is 47.5 Å². The summed E-state index contributed by atoms with van der Waals surface area (Å²) in [6.45, 7) is 5.92. The van der Waals surface area contributed by atoms with Crippen LogP contribution in [0.1, 0.15) is 36.8 Å². The van der Waals surface area contributed by atoms with Crippen LogP contribution in [0.25, 0.3) is 0 Å². The molecule has 2 fully saturated rings. The van der Waals surface area contributed by atoms with Gasteiger partial charge >= 0.3 is 0 Å². The zero-order valence-corrected chi connectivity index (χ0v) is 17.4. The van der Waals surface area contributed by atoms with Gasteiger partial charge in [-0.1, -0.05) is 0 Å². The number of pyridine rings is 1. The summed E-state index contributed by atoms with van der Waals surface area (Å²) in [7, 11) is 1.91. The van der Waals surface area contributed by atoms with Gasteiger partial charge in [0, 0.05) is 50.7 Å². The van der Waals surface area contributed by atoms with Crippen LogP contribution in [0.3, 0.4) is 0 Å². The van der Waals surface area contributed by atoms with Gasteiger partial charge in [-0.25, -0.2) is 0 Å². The Morgan fingerprint density at radius 2 is 1.93 bits per heavy atom. The Labute approximate surface area is 173 Å². The Morgan fingerprint density at radius 1 is 1.14 bits per heavy atom. The number of rotatable bonds is 6. The summed E-state index contributed by atoms with van der Waals surface area (Å²) in [6.07, 6.45) is 11.6. The summed E-state index contributed by atoms with van der Waals surface area (Å²) in [5.74, 6) is 0.390. The maximum atomic E-state index is 13.0. The summed E-state index contributed by atoms with van der Waals surface area (Å²) >= 11 is 0. The number of amides is 1. The number of carbonyl (C=O) groups excluding carboxylic acids is 1. The maximum absolute atomic E-state index is 13.0. The first-order chi connectivity index (χ1) is 14.2. The molecule has 0 spiro atoms. The largest absolute Gasteiger partial charge is 0.472 e. The average molecular weight is 397 g/mol. The highest BCUT2D eigenvalue weighted by Crippen LogP contribution is 2.26. The number of carbonyl (C=O) groups is 1. The maximum Gasteiger partial charge on any atom is 0.227 e. The molecule has 0 bridgehead atoms. The van der Waals surface area contributed by atoms with Crippen molar-refractivity contribution in [3.8, 4) is 0 Å². The molecule has 2 aromatic heterocycles. The first kappa shape index (κ1) is 20.1. The van der Waals surface area contributed by atoms with Gasteiger partial charge in [0.1, 0.15) is 0 Å². The topological polar surface area (TPSA) is 52.8 Å². The molecule has 0 aromatic carbocycles. The van der Waals surface area contributed by atoms with Crippen LogP contribution in [0.2, 0.25) is 0 Å². The zero-order valence-electron chi connectivity index (χ0n) is 17.4. The zero-order chi connectivity index (χ0) is 20.1. The van der Waals surface area contributed by atoms with E-state index in [9.17, 15) is 4.79 Å². The lowest BCUT2D eigenvalue weighted by Gasteiger charge is -2.42. The molecule has 0 radical (unpaired) electrons. The van der Waals surface area contributed by atoms with Gasteiger partial charge in [0.05, 0.1) is 18.4 Å². The van der Waals surface area contributed by atoms with E-state index in [2.05, 4.69) is 26.9 Å². The molecular weight excluding hydrogens is 364 g/mol. The van der Waals surface area contributed by atoms with Gasteiger partial charge in [0.15, 0.2) is 0 Å². The smallest absolute Gasteiger partial charge is 0.227 e. The molecule has 6 nitrogen and oxygen atoms in total. The second-order valence-corrected chi connectivity index (χ2v) is 8.52. The van der Waals surface area contributed by atoms with E-state index in [1.165, 1.54) is 18.4 Å². The van der Waals surface area contributed by atoms with Crippen LogP contribution >= 0.6 is 0 Å². The SMILES string of the molecule is CN(Cc1ccoc1)C(=O)[C@H]1CCCN(C2CCN(Cc3ccncc3)CC2)C1. The molecule has 2 aliphatic rings. The minimum absolute atomic E-state index is 0.121. The van der Waals surface area contributed by atoms with Crippen molar-refractivity contribution in [2.45, 2.75) is 44.8 Å². The number of hydrogen-bond acceptors (Lipinski definition) is 5. The van der Waals surface area contributed by atoms with Crippen LogP contribution in [-0.2, 0) is 17.9 Å². The van der Waals surface area contributed by atoms with E-state index in [1.807, 2.05) is 30.4 Å². The standard InChI is InChI=1S/C23H32N4O2/c1-25(15-20-8-14-29-18-20)23(28)21-3-2-11-27(17-21)22-6-12-26(13-7-22)16-19-4-9-24-10-5-19/h4-5,8-10,14,18,21-22H,2-3,6-7,11-13,15-17H2,1H3/t21-/m0/s1. The van der Waals surface area contributed by atoms with Crippen molar-refractivity contribution in [1.82, 2.24) is 19.7 Å². The third-order valence-corrected chi connectivity index (χ3v) is 6.41. The average Bonchev–Trinajstić information content (AvgIpc) is 3.27. The van der Waals surface area contributed by atoms with Gasteiger partial charge < -0.3 is 9.32 Å². The van der Waals surface area contributed by atoms with E-state index < -0.39 is 0 Å². The van der Waals surface area contributed by atoms with Crippen LogP contribution in [0.4, 0.5) is 0 Å². The van der Waals surface area contributed by atoms with Gasteiger partial charge in [-0.2, -0.15) is 0 Å². The van der Waals surface area contributed by atoms with E-state index in [-0.39, 0.29) is 11.8 Å². The molecule has 2 aliphatic heterocycles. The number of piperidine rings is 2. The Morgan fingerprint density at radius 3 is 2.66 bits per heavy atom. The fraction of sp³-hybridized carbons (Fsp3) is 0.565. The molecule has 2 saturated heterocycles. The number of hydrogen-bond donors (Lipinski definition) is 0. The molecule has 29 heavy (non-hydrogen) atoms. The minimum atomic E-state index is 0.121. The predicted molar refractivity (Wildman–Crippen MR) is 112 cm³/mol. The number of nitrogens with zero attached hydrogens (tertiary/aromatic N) is 4. The molecular formula is C23H32N4O2. The van der Waals surface area contributed by atoms with Crippen LogP contribution in [0, 0.1) is 5.92 Å². The first-order valence-corrected chi connectivity index (χ1v) is 10.8. The fourth-order valence-corrected chi connectivity index (χ4v) is 4.77. The van der Waals surface area contributed by atoms with E-state index >= 15 is 0 Å². The third kappa shape index (κ3) is 5.25. The predicted octanol–water partition coefficient (Wildman–Crippen LogP) is 3.01. The summed E-state index contributed by atoms with van der Waals surface area (Å²) in [6, 6.07) is 6.75. The fourth-order valence-electron chi connectivity index (χ4n) is 4.77. The molecule has 0 saturated carbocycles. The Kier molecular flexibility index (Phi) is 6.62. The molecule has 4 heterocycles. The Balaban J connectivity index is 1.26. The van der Waals surface area contributed by atoms with Gasteiger partial charge in [-0.05, 0) is 69.1 Å². The van der Waals surface area contributed by atoms with Gasteiger partial charge in [-0.15, -0.1) is 0 Å². The molecule has 6 heteroatoms. The first-order valence-electron chi connectivity index (χ1n) is 10.8. The van der Waals surface area contributed by atoms with Crippen LogP contribution in [0.5, 0.6) is 0 Å². The van der Waals surface area contributed by atoms with E-state index in [0.29, 0.717) is 12.6 Å². The Bertz CT molecular complexity index is 756. The second kappa shape index (κ2) is 9.55. The summed E-state index contributed by atoms with van der Waals surface area (Å²) in [4.78, 5) is 24.0. The van der Waals surface area contributed by atoms with Crippen LogP contribution < -0.4 is 0 Å². The normalized spacial score (nSPS) is 21.9. The van der Waals surface area contributed by atoms with Crippen molar-refractivity contribution < 1.29 is 9.21 Å². The summed E-state index contributed by atoms with van der Waals surface area (Å²) in [5.41, 5.74) is 2.39. The molecule has 0 N–H and O–H groups in total. The minimum Gasteiger partial charge on any atom is -0.472 e. The van der Waals surface area contributed by atoms with Crippen LogP contribution in [-0.4, -0.2) is 64.9 Å². The van der Waals surface area contributed by atoms with E-state index in [1.54, 1.807) is 12.5 Å². The highest BCUT2D eigenvalue weighted by atomic mass is 16.3. The quantitative estimate of drug-likeness (QED) is 0.751. The van der Waals surface area contributed by atoms with E-state index in [0.717, 1.165) is 51.1 Å². The number of furan rings is 1.